The van der Waals surface area contributed by atoms with E-state index in [4.69, 9.17) is 14.7 Å². The molecule has 0 saturated carbocycles. The van der Waals surface area contributed by atoms with Crippen molar-refractivity contribution in [2.45, 2.75) is 71.8 Å². The first-order valence-electron chi connectivity index (χ1n) is 12.6. The van der Waals surface area contributed by atoms with Crippen molar-refractivity contribution in [2.24, 2.45) is 0 Å². The maximum atomic E-state index is 6.46. The summed E-state index contributed by atoms with van der Waals surface area (Å²) in [6.07, 6.45) is 6.12. The summed E-state index contributed by atoms with van der Waals surface area (Å²) >= 11 is 1.75. The lowest BCUT2D eigenvalue weighted by Gasteiger charge is -2.27. The number of aromatic nitrogens is 2. The summed E-state index contributed by atoms with van der Waals surface area (Å²) in [6.45, 7) is 13.3. The minimum Gasteiger partial charge on any atom is -0.471 e. The highest BCUT2D eigenvalue weighted by Gasteiger charge is 2.21. The second-order valence-electron chi connectivity index (χ2n) is 8.57. The van der Waals surface area contributed by atoms with Crippen LogP contribution in [0, 0.1) is 6.92 Å². The summed E-state index contributed by atoms with van der Waals surface area (Å²) in [5.41, 5.74) is 6.87. The number of anilines is 1. The fraction of sp³-hybridized carbons (Fsp3) is 0.448. The molecular formula is C29H39N3OS. The second kappa shape index (κ2) is 12.8. The van der Waals surface area contributed by atoms with Crippen molar-refractivity contribution in [3.63, 3.8) is 0 Å². The zero-order valence-electron chi connectivity index (χ0n) is 21.6. The first-order chi connectivity index (χ1) is 16.6. The molecule has 1 aromatic heterocycles. The average molecular weight is 478 g/mol. The molecule has 34 heavy (non-hydrogen) atoms. The van der Waals surface area contributed by atoms with Gasteiger partial charge in [0.15, 0.2) is 5.82 Å². The molecule has 0 aliphatic heterocycles. The van der Waals surface area contributed by atoms with Crippen LogP contribution in [0.25, 0.3) is 11.4 Å². The Kier molecular flexibility index (Phi) is 9.82. The van der Waals surface area contributed by atoms with Gasteiger partial charge in [-0.25, -0.2) is 4.98 Å². The van der Waals surface area contributed by atoms with Gasteiger partial charge < -0.3 is 9.64 Å². The fourth-order valence-corrected chi connectivity index (χ4v) is 4.80. The van der Waals surface area contributed by atoms with Gasteiger partial charge in [-0.3, -0.25) is 0 Å². The number of hydrogen-bond acceptors (Lipinski definition) is 5. The van der Waals surface area contributed by atoms with E-state index in [2.05, 4.69) is 88.2 Å². The molecule has 2 aromatic carbocycles. The van der Waals surface area contributed by atoms with Gasteiger partial charge in [-0.1, -0.05) is 58.0 Å². The summed E-state index contributed by atoms with van der Waals surface area (Å²) in [5, 5.41) is 0. The van der Waals surface area contributed by atoms with Gasteiger partial charge in [0.25, 0.3) is 0 Å². The lowest BCUT2D eigenvalue weighted by molar-refractivity contribution is 0.293. The van der Waals surface area contributed by atoms with Crippen LogP contribution in [0.1, 0.15) is 62.9 Å². The molecule has 0 bridgehead atoms. The summed E-state index contributed by atoms with van der Waals surface area (Å²) in [4.78, 5) is 13.8. The number of aryl methyl sites for hydroxylation is 3. The van der Waals surface area contributed by atoms with Gasteiger partial charge in [0.1, 0.15) is 12.3 Å². The van der Waals surface area contributed by atoms with E-state index < -0.39 is 0 Å². The SMILES string of the molecule is CCCN(CCC)c1c(C)nc(-c2c(CC)cccc2CC)nc1OCc1ccc(SC)cc1. The quantitative estimate of drug-likeness (QED) is 0.252. The molecule has 0 amide bonds. The topological polar surface area (TPSA) is 38.2 Å². The first kappa shape index (κ1) is 26.1. The third-order valence-electron chi connectivity index (χ3n) is 6.09. The Morgan fingerprint density at radius 3 is 2.00 bits per heavy atom. The van der Waals surface area contributed by atoms with Crippen LogP contribution in [0.3, 0.4) is 0 Å². The van der Waals surface area contributed by atoms with Crippen molar-refractivity contribution < 1.29 is 4.74 Å². The van der Waals surface area contributed by atoms with Crippen LogP contribution in [0.2, 0.25) is 0 Å². The van der Waals surface area contributed by atoms with Gasteiger partial charge in [0.2, 0.25) is 5.88 Å². The van der Waals surface area contributed by atoms with Crippen molar-refractivity contribution in [1.82, 2.24) is 9.97 Å². The molecule has 0 aliphatic carbocycles. The lowest BCUT2D eigenvalue weighted by Crippen LogP contribution is -2.27. The van der Waals surface area contributed by atoms with Crippen LogP contribution in [0.4, 0.5) is 5.69 Å². The molecule has 3 aromatic rings. The summed E-state index contributed by atoms with van der Waals surface area (Å²) in [6, 6.07) is 15.1. The van der Waals surface area contributed by atoms with Gasteiger partial charge >= 0.3 is 0 Å². The van der Waals surface area contributed by atoms with Gasteiger partial charge in [-0.2, -0.15) is 4.98 Å². The van der Waals surface area contributed by atoms with Crippen LogP contribution in [-0.4, -0.2) is 29.3 Å². The number of benzene rings is 2. The Balaban J connectivity index is 2.09. The number of rotatable bonds is 12. The average Bonchev–Trinajstić information content (AvgIpc) is 2.86. The number of nitrogens with zero attached hydrogens (tertiary/aromatic N) is 3. The Morgan fingerprint density at radius 1 is 0.853 bits per heavy atom. The fourth-order valence-electron chi connectivity index (χ4n) is 4.40. The van der Waals surface area contributed by atoms with E-state index in [0.717, 1.165) is 67.1 Å². The van der Waals surface area contributed by atoms with Gasteiger partial charge in [0, 0.05) is 23.5 Å². The highest BCUT2D eigenvalue weighted by atomic mass is 32.2. The molecule has 0 spiro atoms. The zero-order chi connectivity index (χ0) is 24.5. The van der Waals surface area contributed by atoms with E-state index in [1.54, 1.807) is 11.8 Å². The van der Waals surface area contributed by atoms with E-state index in [1.165, 1.54) is 16.0 Å². The maximum absolute atomic E-state index is 6.46. The van der Waals surface area contributed by atoms with Crippen molar-refractivity contribution >= 4 is 17.4 Å². The largest absolute Gasteiger partial charge is 0.471 e. The standard InChI is InChI=1S/C29H39N3OS/c1-7-18-32(19-8-2)27-21(5)30-28(26-23(9-3)12-11-13-24(26)10-4)31-29(27)33-20-22-14-16-25(34-6)17-15-22/h11-17H,7-10,18-20H2,1-6H3. The summed E-state index contributed by atoms with van der Waals surface area (Å²) in [5.74, 6) is 1.46. The normalized spacial score (nSPS) is 11.0. The van der Waals surface area contributed by atoms with E-state index in [9.17, 15) is 0 Å². The highest BCUT2D eigenvalue weighted by molar-refractivity contribution is 7.98. The molecule has 5 heteroatoms. The number of ether oxygens (including phenoxy) is 1. The Labute approximate surface area is 210 Å². The molecule has 0 atom stereocenters. The molecular weight excluding hydrogens is 438 g/mol. The van der Waals surface area contributed by atoms with Crippen molar-refractivity contribution in [3.05, 3.63) is 64.8 Å². The predicted octanol–water partition coefficient (Wildman–Crippen LogP) is 7.50. The number of thioether (sulfide) groups is 1. The van der Waals surface area contributed by atoms with Crippen LogP contribution in [0.5, 0.6) is 5.88 Å². The lowest BCUT2D eigenvalue weighted by atomic mass is 9.97. The minimum atomic E-state index is 0.486. The van der Waals surface area contributed by atoms with Crippen LogP contribution in [-0.2, 0) is 19.4 Å². The van der Waals surface area contributed by atoms with E-state index >= 15 is 0 Å². The molecule has 3 rings (SSSR count). The highest BCUT2D eigenvalue weighted by Crippen LogP contribution is 2.35. The molecule has 0 fully saturated rings. The van der Waals surface area contributed by atoms with Crippen molar-refractivity contribution in [3.8, 4) is 17.3 Å². The number of hydrogen-bond donors (Lipinski definition) is 0. The minimum absolute atomic E-state index is 0.486. The Hall–Kier alpha value is -2.53. The van der Waals surface area contributed by atoms with Crippen LogP contribution < -0.4 is 9.64 Å². The van der Waals surface area contributed by atoms with Gasteiger partial charge in [-0.05, 0) is 67.7 Å². The molecule has 4 nitrogen and oxygen atoms in total. The van der Waals surface area contributed by atoms with Gasteiger partial charge in [0.05, 0.1) is 5.69 Å². The molecule has 1 heterocycles. The first-order valence-corrected chi connectivity index (χ1v) is 13.8. The van der Waals surface area contributed by atoms with E-state index in [0.29, 0.717) is 12.5 Å². The Bertz CT molecular complexity index is 1040. The molecule has 0 unspecified atom stereocenters. The van der Waals surface area contributed by atoms with Crippen LogP contribution >= 0.6 is 11.8 Å². The smallest absolute Gasteiger partial charge is 0.241 e. The van der Waals surface area contributed by atoms with Gasteiger partial charge in [-0.15, -0.1) is 11.8 Å². The van der Waals surface area contributed by atoms with E-state index in [-0.39, 0.29) is 0 Å². The van der Waals surface area contributed by atoms with E-state index in [1.807, 2.05) is 0 Å². The molecule has 182 valence electrons. The monoisotopic (exact) mass is 477 g/mol. The summed E-state index contributed by atoms with van der Waals surface area (Å²) < 4.78 is 6.46. The predicted molar refractivity (Wildman–Crippen MR) is 146 cm³/mol. The maximum Gasteiger partial charge on any atom is 0.241 e. The van der Waals surface area contributed by atoms with Crippen molar-refractivity contribution in [1.29, 1.82) is 0 Å². The zero-order valence-corrected chi connectivity index (χ0v) is 22.5. The third-order valence-corrected chi connectivity index (χ3v) is 6.83. The molecule has 0 N–H and O–H groups in total. The third kappa shape index (κ3) is 6.12. The Morgan fingerprint density at radius 2 is 1.47 bits per heavy atom. The molecule has 0 aliphatic rings. The van der Waals surface area contributed by atoms with Crippen LogP contribution in [0.15, 0.2) is 47.4 Å². The van der Waals surface area contributed by atoms with Crippen molar-refractivity contribution in [2.75, 3.05) is 24.2 Å². The molecule has 0 saturated heterocycles. The summed E-state index contributed by atoms with van der Waals surface area (Å²) in [7, 11) is 0. The second-order valence-corrected chi connectivity index (χ2v) is 9.45. The molecule has 0 radical (unpaired) electrons.